The molecule has 1 unspecified atom stereocenters. The summed E-state index contributed by atoms with van der Waals surface area (Å²) < 4.78 is 0. The average Bonchev–Trinajstić information content (AvgIpc) is 3.06. The molecule has 3 heteroatoms. The van der Waals surface area contributed by atoms with Crippen molar-refractivity contribution >= 4 is 17.0 Å². The summed E-state index contributed by atoms with van der Waals surface area (Å²) in [5.41, 5.74) is 1.65. The zero-order chi connectivity index (χ0) is 13.8. The number of hydrogen-bond donors (Lipinski definition) is 1. The number of benzene rings is 2. The second-order valence-corrected chi connectivity index (χ2v) is 5.34. The van der Waals surface area contributed by atoms with Gasteiger partial charge in [0.05, 0.1) is 6.07 Å². The Hall–Kier alpha value is -1.63. The Balaban J connectivity index is 0.00000161. The van der Waals surface area contributed by atoms with Gasteiger partial charge in [0.2, 0.25) is 0 Å². The number of nitrogens with zero attached hydrogens (tertiary/aromatic N) is 1. The topological polar surface area (TPSA) is 35.8 Å². The minimum Gasteiger partial charge on any atom is -0.316 e. The summed E-state index contributed by atoms with van der Waals surface area (Å²) in [6, 6.07) is 23.1. The van der Waals surface area contributed by atoms with E-state index in [4.69, 9.17) is 0 Å². The Bertz CT molecular complexity index is 559. The van der Waals surface area contributed by atoms with Gasteiger partial charge in [-0.2, -0.15) is 5.26 Å². The van der Waals surface area contributed by atoms with Crippen molar-refractivity contribution in [1.29, 1.82) is 5.26 Å². The van der Waals surface area contributed by atoms with E-state index in [9.17, 15) is 5.26 Å². The average molecular weight is 343 g/mol. The van der Waals surface area contributed by atoms with Crippen LogP contribution in [0.2, 0.25) is 0 Å². The molecule has 21 heavy (non-hydrogen) atoms. The summed E-state index contributed by atoms with van der Waals surface area (Å²) in [6.45, 7) is 1.89. The van der Waals surface area contributed by atoms with Crippen LogP contribution in [0.1, 0.15) is 17.5 Å². The smallest absolute Gasteiger partial charge is 0.111 e. The monoisotopic (exact) mass is 342 g/mol. The summed E-state index contributed by atoms with van der Waals surface area (Å²) >= 11 is 0. The molecule has 108 valence electrons. The van der Waals surface area contributed by atoms with Gasteiger partial charge in [0.1, 0.15) is 5.41 Å². The Labute approximate surface area is 136 Å². The van der Waals surface area contributed by atoms with Crippen LogP contribution in [0, 0.1) is 17.2 Å². The van der Waals surface area contributed by atoms with Crippen LogP contribution in [0.25, 0.3) is 0 Å². The van der Waals surface area contributed by atoms with E-state index in [0.29, 0.717) is 5.92 Å². The van der Waals surface area contributed by atoms with Gasteiger partial charge in [0.25, 0.3) is 0 Å². The van der Waals surface area contributed by atoms with E-state index in [-0.39, 0.29) is 17.0 Å². The molecule has 0 spiro atoms. The molecule has 1 saturated heterocycles. The van der Waals surface area contributed by atoms with Crippen molar-refractivity contribution in [1.82, 2.24) is 5.32 Å². The van der Waals surface area contributed by atoms with Crippen molar-refractivity contribution in [2.75, 3.05) is 13.1 Å². The molecular formula is C18H19BrN2. The molecule has 3 rings (SSSR count). The van der Waals surface area contributed by atoms with E-state index < -0.39 is 5.41 Å². The molecule has 0 radical (unpaired) electrons. The fourth-order valence-corrected chi connectivity index (χ4v) is 3.28. The zero-order valence-electron chi connectivity index (χ0n) is 11.8. The molecule has 1 heterocycles. The van der Waals surface area contributed by atoms with Gasteiger partial charge >= 0.3 is 0 Å². The van der Waals surface area contributed by atoms with Gasteiger partial charge in [0, 0.05) is 6.54 Å². The van der Waals surface area contributed by atoms with Crippen LogP contribution in [-0.2, 0) is 5.41 Å². The van der Waals surface area contributed by atoms with Gasteiger partial charge in [-0.15, -0.1) is 17.0 Å². The maximum absolute atomic E-state index is 10.1. The molecule has 0 saturated carbocycles. The Kier molecular flexibility index (Phi) is 5.17. The highest BCUT2D eigenvalue weighted by Crippen LogP contribution is 2.41. The summed E-state index contributed by atoms with van der Waals surface area (Å²) in [5, 5.41) is 13.5. The molecule has 2 nitrogen and oxygen atoms in total. The quantitative estimate of drug-likeness (QED) is 0.923. The first kappa shape index (κ1) is 15.8. The van der Waals surface area contributed by atoms with Crippen molar-refractivity contribution in [3.05, 3.63) is 71.8 Å². The van der Waals surface area contributed by atoms with Gasteiger partial charge < -0.3 is 5.32 Å². The number of halogens is 1. The highest BCUT2D eigenvalue weighted by molar-refractivity contribution is 8.93. The molecule has 2 aromatic carbocycles. The van der Waals surface area contributed by atoms with Crippen LogP contribution >= 0.6 is 17.0 Å². The fourth-order valence-electron chi connectivity index (χ4n) is 3.28. The van der Waals surface area contributed by atoms with E-state index in [1.54, 1.807) is 0 Å². The molecule has 0 aliphatic carbocycles. The predicted octanol–water partition coefficient (Wildman–Crippen LogP) is 3.68. The first-order chi connectivity index (χ1) is 9.88. The number of hydrogen-bond acceptors (Lipinski definition) is 2. The normalized spacial score (nSPS) is 17.8. The molecule has 1 aliphatic heterocycles. The minimum absolute atomic E-state index is 0. The second kappa shape index (κ2) is 6.89. The van der Waals surface area contributed by atoms with Crippen molar-refractivity contribution in [2.45, 2.75) is 11.8 Å². The second-order valence-electron chi connectivity index (χ2n) is 5.34. The Morgan fingerprint density at radius 3 is 1.86 bits per heavy atom. The van der Waals surface area contributed by atoms with E-state index in [1.165, 1.54) is 0 Å². The van der Waals surface area contributed by atoms with Crippen LogP contribution in [0.15, 0.2) is 60.7 Å². The van der Waals surface area contributed by atoms with Crippen molar-refractivity contribution in [3.63, 3.8) is 0 Å². The van der Waals surface area contributed by atoms with E-state index >= 15 is 0 Å². The maximum Gasteiger partial charge on any atom is 0.111 e. The highest BCUT2D eigenvalue weighted by atomic mass is 79.9. The van der Waals surface area contributed by atoms with E-state index in [0.717, 1.165) is 30.6 Å². The first-order valence-electron chi connectivity index (χ1n) is 7.11. The molecule has 1 aliphatic rings. The van der Waals surface area contributed by atoms with E-state index in [1.807, 2.05) is 36.4 Å². The molecule has 2 aromatic rings. The van der Waals surface area contributed by atoms with Gasteiger partial charge in [0.15, 0.2) is 0 Å². The third-order valence-corrected chi connectivity index (χ3v) is 4.31. The van der Waals surface area contributed by atoms with Crippen molar-refractivity contribution in [3.8, 4) is 6.07 Å². The van der Waals surface area contributed by atoms with Gasteiger partial charge in [-0.05, 0) is 30.0 Å². The van der Waals surface area contributed by atoms with Gasteiger partial charge in [-0.1, -0.05) is 60.7 Å². The molecule has 0 aromatic heterocycles. The van der Waals surface area contributed by atoms with Crippen LogP contribution in [-0.4, -0.2) is 13.1 Å². The summed E-state index contributed by atoms with van der Waals surface area (Å²) in [6.07, 6.45) is 1.04. The summed E-state index contributed by atoms with van der Waals surface area (Å²) in [7, 11) is 0. The SMILES string of the molecule is Br.N#CC(c1ccccc1)(c1ccccc1)C1CCNC1. The highest BCUT2D eigenvalue weighted by Gasteiger charge is 2.43. The lowest BCUT2D eigenvalue weighted by molar-refractivity contribution is 0.425. The minimum atomic E-state index is -0.550. The number of nitrogens with one attached hydrogen (secondary N) is 1. The lowest BCUT2D eigenvalue weighted by Crippen LogP contribution is -2.36. The molecule has 1 atom stereocenters. The lowest BCUT2D eigenvalue weighted by atomic mass is 9.66. The number of nitriles is 1. The fraction of sp³-hybridized carbons (Fsp3) is 0.278. The summed E-state index contributed by atoms with van der Waals surface area (Å²) in [4.78, 5) is 0. The summed E-state index contributed by atoms with van der Waals surface area (Å²) in [5.74, 6) is 0.317. The molecule has 0 amide bonds. The number of rotatable bonds is 3. The van der Waals surface area contributed by atoms with Crippen molar-refractivity contribution in [2.24, 2.45) is 5.92 Å². The van der Waals surface area contributed by atoms with Gasteiger partial charge in [-0.25, -0.2) is 0 Å². The molecule has 1 fully saturated rings. The largest absolute Gasteiger partial charge is 0.316 e. The van der Waals surface area contributed by atoms with Crippen LogP contribution in [0.4, 0.5) is 0 Å². The third kappa shape index (κ3) is 2.74. The van der Waals surface area contributed by atoms with E-state index in [2.05, 4.69) is 35.7 Å². The molecule has 1 N–H and O–H groups in total. The lowest BCUT2D eigenvalue weighted by Gasteiger charge is -2.33. The van der Waals surface area contributed by atoms with Crippen LogP contribution in [0.5, 0.6) is 0 Å². The third-order valence-electron chi connectivity index (χ3n) is 4.31. The maximum atomic E-state index is 10.1. The van der Waals surface area contributed by atoms with Crippen LogP contribution < -0.4 is 5.32 Å². The Morgan fingerprint density at radius 2 is 1.48 bits per heavy atom. The molecule has 0 bridgehead atoms. The standard InChI is InChI=1S/C18H18N2.BrH/c19-14-18(17-11-12-20-13-17,15-7-3-1-4-8-15)16-9-5-2-6-10-16;/h1-10,17,20H,11-13H2;1H. The Morgan fingerprint density at radius 1 is 0.952 bits per heavy atom. The van der Waals surface area contributed by atoms with Gasteiger partial charge in [-0.3, -0.25) is 0 Å². The predicted molar refractivity (Wildman–Crippen MR) is 90.6 cm³/mol. The molecular weight excluding hydrogens is 324 g/mol. The first-order valence-corrected chi connectivity index (χ1v) is 7.11. The van der Waals surface area contributed by atoms with Crippen LogP contribution in [0.3, 0.4) is 0 Å². The zero-order valence-corrected chi connectivity index (χ0v) is 13.5. The van der Waals surface area contributed by atoms with Crippen molar-refractivity contribution < 1.29 is 0 Å².